The largest absolute Gasteiger partial charge is 0.472 e. The molecule has 186 valence electrons. The first kappa shape index (κ1) is 26.1. The molecule has 0 bridgehead atoms. The van der Waals surface area contributed by atoms with Crippen molar-refractivity contribution in [3.63, 3.8) is 0 Å². The zero-order chi connectivity index (χ0) is 25.5. The Morgan fingerprint density at radius 3 is 2.71 bits per heavy atom. The van der Waals surface area contributed by atoms with Crippen LogP contribution in [0.25, 0.3) is 0 Å². The number of hydrogen-bond donors (Lipinski definition) is 2. The SMILES string of the molecule is C[C@@H](O)C#Cc1cnc2c(c1)C(=O)N([C@@H](C)CO)C[C@H](C)[C@@H](CN(C)C(=O)Cc1ccncc1)O2. The average molecular weight is 481 g/mol. The summed E-state index contributed by atoms with van der Waals surface area (Å²) in [4.78, 5) is 37.8. The monoisotopic (exact) mass is 480 g/mol. The Hall–Kier alpha value is -3.48. The van der Waals surface area contributed by atoms with E-state index < -0.39 is 18.2 Å². The van der Waals surface area contributed by atoms with Gasteiger partial charge in [-0.1, -0.05) is 18.8 Å². The molecule has 0 aliphatic carbocycles. The van der Waals surface area contributed by atoms with Crippen LogP contribution in [0.3, 0.4) is 0 Å². The molecule has 2 N–H and O–H groups in total. The fourth-order valence-electron chi connectivity index (χ4n) is 3.76. The van der Waals surface area contributed by atoms with E-state index in [0.29, 0.717) is 18.7 Å². The fourth-order valence-corrected chi connectivity index (χ4v) is 3.76. The van der Waals surface area contributed by atoms with Crippen LogP contribution in [0.2, 0.25) is 0 Å². The van der Waals surface area contributed by atoms with E-state index in [1.807, 2.05) is 6.92 Å². The Bertz CT molecular complexity index is 1100. The molecule has 1 aliphatic heterocycles. The molecule has 9 heteroatoms. The summed E-state index contributed by atoms with van der Waals surface area (Å²) in [5, 5.41) is 19.2. The van der Waals surface area contributed by atoms with Crippen molar-refractivity contribution in [1.82, 2.24) is 19.8 Å². The van der Waals surface area contributed by atoms with Gasteiger partial charge >= 0.3 is 0 Å². The van der Waals surface area contributed by atoms with Gasteiger partial charge in [-0.3, -0.25) is 14.6 Å². The van der Waals surface area contributed by atoms with Gasteiger partial charge in [0.15, 0.2) is 0 Å². The highest BCUT2D eigenvalue weighted by atomic mass is 16.5. The van der Waals surface area contributed by atoms with Crippen molar-refractivity contribution in [3.8, 4) is 17.7 Å². The molecule has 0 spiro atoms. The second-order valence-corrected chi connectivity index (χ2v) is 8.95. The number of fused-ring (bicyclic) bond motifs is 1. The fraction of sp³-hybridized carbons (Fsp3) is 0.462. The Balaban J connectivity index is 1.89. The van der Waals surface area contributed by atoms with E-state index in [1.54, 1.807) is 61.3 Å². The van der Waals surface area contributed by atoms with Crippen molar-refractivity contribution in [2.75, 3.05) is 26.7 Å². The molecule has 9 nitrogen and oxygen atoms in total. The second-order valence-electron chi connectivity index (χ2n) is 8.95. The number of aromatic nitrogens is 2. The molecule has 0 aromatic carbocycles. The van der Waals surface area contributed by atoms with Gasteiger partial charge in [0.2, 0.25) is 11.8 Å². The summed E-state index contributed by atoms with van der Waals surface area (Å²) >= 11 is 0. The van der Waals surface area contributed by atoms with Gasteiger partial charge in [0.1, 0.15) is 17.8 Å². The highest BCUT2D eigenvalue weighted by Crippen LogP contribution is 2.27. The van der Waals surface area contributed by atoms with Gasteiger partial charge in [-0.25, -0.2) is 4.98 Å². The summed E-state index contributed by atoms with van der Waals surface area (Å²) in [5.74, 6) is 5.07. The third kappa shape index (κ3) is 6.78. The molecule has 4 atom stereocenters. The molecule has 2 amide bonds. The molecular weight excluding hydrogens is 448 g/mol. The number of carbonyl (C=O) groups is 2. The van der Waals surface area contributed by atoms with E-state index in [-0.39, 0.29) is 42.2 Å². The number of aliphatic hydroxyl groups excluding tert-OH is 2. The number of aliphatic hydroxyl groups is 2. The van der Waals surface area contributed by atoms with Gasteiger partial charge in [-0.05, 0) is 37.6 Å². The Kier molecular flexibility index (Phi) is 8.79. The van der Waals surface area contributed by atoms with Crippen LogP contribution in [-0.2, 0) is 11.2 Å². The number of pyridine rings is 2. The van der Waals surface area contributed by atoms with Crippen LogP contribution in [0.4, 0.5) is 0 Å². The smallest absolute Gasteiger partial charge is 0.259 e. The molecule has 2 aromatic heterocycles. The normalized spacial score (nSPS) is 19.3. The zero-order valence-corrected chi connectivity index (χ0v) is 20.5. The highest BCUT2D eigenvalue weighted by molar-refractivity contribution is 5.97. The number of likely N-dealkylation sites (N-methyl/N-ethyl adjacent to an activating group) is 1. The summed E-state index contributed by atoms with van der Waals surface area (Å²) < 4.78 is 6.21. The van der Waals surface area contributed by atoms with Crippen LogP contribution < -0.4 is 4.74 Å². The lowest BCUT2D eigenvalue weighted by molar-refractivity contribution is -0.130. The predicted molar refractivity (Wildman–Crippen MR) is 130 cm³/mol. The minimum Gasteiger partial charge on any atom is -0.472 e. The Morgan fingerprint density at radius 2 is 2.06 bits per heavy atom. The van der Waals surface area contributed by atoms with Crippen LogP contribution in [0.1, 0.15) is 42.3 Å². The molecule has 0 saturated carbocycles. The Morgan fingerprint density at radius 1 is 1.34 bits per heavy atom. The molecule has 1 aliphatic rings. The third-order valence-corrected chi connectivity index (χ3v) is 5.93. The van der Waals surface area contributed by atoms with E-state index >= 15 is 0 Å². The number of amides is 2. The molecule has 2 aromatic rings. The van der Waals surface area contributed by atoms with Gasteiger partial charge < -0.3 is 24.7 Å². The summed E-state index contributed by atoms with van der Waals surface area (Å²) in [5.41, 5.74) is 1.56. The zero-order valence-electron chi connectivity index (χ0n) is 20.5. The van der Waals surface area contributed by atoms with Crippen molar-refractivity contribution in [3.05, 3.63) is 53.5 Å². The minimum atomic E-state index is -0.819. The second kappa shape index (κ2) is 11.8. The van der Waals surface area contributed by atoms with E-state index in [0.717, 1.165) is 5.56 Å². The summed E-state index contributed by atoms with van der Waals surface area (Å²) in [6, 6.07) is 4.77. The molecular formula is C26H32N4O5. The van der Waals surface area contributed by atoms with Gasteiger partial charge in [0, 0.05) is 43.7 Å². The minimum absolute atomic E-state index is 0.0670. The summed E-state index contributed by atoms with van der Waals surface area (Å²) in [7, 11) is 1.72. The maximum atomic E-state index is 13.4. The molecule has 3 heterocycles. The van der Waals surface area contributed by atoms with E-state index in [2.05, 4.69) is 21.8 Å². The Labute approximate surface area is 205 Å². The predicted octanol–water partition coefficient (Wildman–Crippen LogP) is 1.13. The standard InChI is InChI=1S/C26H32N4O5/c1-17-14-30(18(2)16-31)26(34)22-11-21(6-5-19(3)32)13-28-25(22)35-23(17)15-29(4)24(33)12-20-7-9-27-10-8-20/h7-11,13,17-19,23,31-32H,12,14-16H2,1-4H3/t17-,18-,19+,23+/m0/s1. The topological polar surface area (TPSA) is 116 Å². The molecule has 0 fully saturated rings. The van der Waals surface area contributed by atoms with Crippen LogP contribution >= 0.6 is 0 Å². The quantitative estimate of drug-likeness (QED) is 0.596. The lowest BCUT2D eigenvalue weighted by Gasteiger charge is -2.37. The van der Waals surface area contributed by atoms with Crippen molar-refractivity contribution in [1.29, 1.82) is 0 Å². The van der Waals surface area contributed by atoms with Crippen molar-refractivity contribution in [2.45, 2.75) is 45.4 Å². The molecule has 0 radical (unpaired) electrons. The lowest BCUT2D eigenvalue weighted by atomic mass is 9.99. The number of nitrogens with zero attached hydrogens (tertiary/aromatic N) is 4. The maximum Gasteiger partial charge on any atom is 0.259 e. The number of hydrogen-bond acceptors (Lipinski definition) is 7. The summed E-state index contributed by atoms with van der Waals surface area (Å²) in [6.45, 7) is 5.70. The molecule has 3 rings (SSSR count). The third-order valence-electron chi connectivity index (χ3n) is 5.93. The number of carbonyl (C=O) groups excluding carboxylic acids is 2. The van der Waals surface area contributed by atoms with Gasteiger partial charge in [0.25, 0.3) is 5.91 Å². The van der Waals surface area contributed by atoms with Crippen LogP contribution in [0.15, 0.2) is 36.8 Å². The average Bonchev–Trinajstić information content (AvgIpc) is 2.84. The number of rotatable bonds is 6. The number of ether oxygens (including phenoxy) is 1. The van der Waals surface area contributed by atoms with Gasteiger partial charge in [-0.2, -0.15) is 0 Å². The van der Waals surface area contributed by atoms with Gasteiger partial charge in [0.05, 0.1) is 25.6 Å². The first-order valence-electron chi connectivity index (χ1n) is 11.6. The molecule has 0 saturated heterocycles. The van der Waals surface area contributed by atoms with E-state index in [9.17, 15) is 19.8 Å². The van der Waals surface area contributed by atoms with E-state index in [1.165, 1.54) is 6.20 Å². The van der Waals surface area contributed by atoms with Crippen LogP contribution in [-0.4, -0.2) is 86.8 Å². The molecule has 0 unspecified atom stereocenters. The first-order valence-corrected chi connectivity index (χ1v) is 11.6. The lowest BCUT2D eigenvalue weighted by Crippen LogP contribution is -2.50. The van der Waals surface area contributed by atoms with E-state index in [4.69, 9.17) is 4.74 Å². The van der Waals surface area contributed by atoms with Crippen molar-refractivity contribution < 1.29 is 24.5 Å². The van der Waals surface area contributed by atoms with Gasteiger partial charge in [-0.15, -0.1) is 0 Å². The maximum absolute atomic E-state index is 13.4. The summed E-state index contributed by atoms with van der Waals surface area (Å²) in [6.07, 6.45) is 3.77. The van der Waals surface area contributed by atoms with Crippen LogP contribution in [0, 0.1) is 17.8 Å². The van der Waals surface area contributed by atoms with Crippen molar-refractivity contribution >= 4 is 11.8 Å². The van der Waals surface area contributed by atoms with Crippen molar-refractivity contribution in [2.24, 2.45) is 5.92 Å². The first-order chi connectivity index (χ1) is 16.7. The van der Waals surface area contributed by atoms with Crippen LogP contribution in [0.5, 0.6) is 5.88 Å². The molecule has 35 heavy (non-hydrogen) atoms. The highest BCUT2D eigenvalue weighted by Gasteiger charge is 2.34.